The molecule has 0 bridgehead atoms. The van der Waals surface area contributed by atoms with E-state index in [-0.39, 0.29) is 12.5 Å². The Hall–Kier alpha value is -2.22. The van der Waals surface area contributed by atoms with E-state index in [2.05, 4.69) is 0 Å². The number of carbonyl (C=O) groups is 1. The van der Waals surface area contributed by atoms with E-state index in [4.69, 9.17) is 20.5 Å². The molecule has 2 N–H and O–H groups in total. The smallest absolute Gasteiger partial charge is 0.338 e. The van der Waals surface area contributed by atoms with Crippen LogP contribution in [0.1, 0.15) is 24.2 Å². The minimum atomic E-state index is -0.415. The third kappa shape index (κ3) is 3.98. The maximum Gasteiger partial charge on any atom is 0.338 e. The molecule has 1 aromatic carbocycles. The molecular weight excluding hydrogens is 232 g/mol. The molecule has 0 amide bonds. The van der Waals surface area contributed by atoms with Crippen LogP contribution < -0.4 is 10.5 Å². The Labute approximate surface area is 106 Å². The Morgan fingerprint density at radius 2 is 2.22 bits per heavy atom. The van der Waals surface area contributed by atoms with Crippen LogP contribution in [0.2, 0.25) is 0 Å². The molecule has 0 aliphatic heterocycles. The zero-order valence-corrected chi connectivity index (χ0v) is 10.5. The van der Waals surface area contributed by atoms with E-state index in [0.717, 1.165) is 0 Å². The summed E-state index contributed by atoms with van der Waals surface area (Å²) in [5, 5.41) is 8.39. The van der Waals surface area contributed by atoms with E-state index < -0.39 is 5.97 Å². The molecule has 0 saturated carbocycles. The third-order valence-electron chi connectivity index (χ3n) is 2.09. The molecule has 1 aromatic rings. The number of rotatable bonds is 5. The minimum Gasteiger partial charge on any atom is -0.477 e. The van der Waals surface area contributed by atoms with Gasteiger partial charge in [0.1, 0.15) is 11.8 Å². The number of nitrogens with two attached hydrogens (primary N) is 1. The van der Waals surface area contributed by atoms with E-state index >= 15 is 0 Å². The van der Waals surface area contributed by atoms with Gasteiger partial charge in [0.2, 0.25) is 0 Å². The highest BCUT2D eigenvalue weighted by Crippen LogP contribution is 2.22. The van der Waals surface area contributed by atoms with Crippen LogP contribution >= 0.6 is 0 Å². The first kappa shape index (κ1) is 13.8. The van der Waals surface area contributed by atoms with Crippen LogP contribution in [0.15, 0.2) is 18.2 Å². The van der Waals surface area contributed by atoms with Gasteiger partial charge in [0, 0.05) is 0 Å². The van der Waals surface area contributed by atoms with Crippen molar-refractivity contribution in [2.75, 3.05) is 18.9 Å². The fourth-order valence-electron chi connectivity index (χ4n) is 1.24. The summed E-state index contributed by atoms with van der Waals surface area (Å²) in [4.78, 5) is 11.7. The molecule has 0 atom stereocenters. The van der Waals surface area contributed by atoms with E-state index in [1.165, 1.54) is 6.07 Å². The minimum absolute atomic E-state index is 0.0820. The molecule has 0 fully saturated rings. The SMILES string of the molecule is CC(C)COC(=O)c1ccc(OCC#N)c(N)c1. The van der Waals surface area contributed by atoms with Crippen LogP contribution in [0, 0.1) is 17.2 Å². The number of anilines is 1. The fourth-order valence-corrected chi connectivity index (χ4v) is 1.24. The van der Waals surface area contributed by atoms with E-state index in [1.54, 1.807) is 12.1 Å². The van der Waals surface area contributed by atoms with Crippen LogP contribution in [0.3, 0.4) is 0 Å². The van der Waals surface area contributed by atoms with Crippen molar-refractivity contribution in [3.8, 4) is 11.8 Å². The molecule has 0 spiro atoms. The third-order valence-corrected chi connectivity index (χ3v) is 2.09. The quantitative estimate of drug-likeness (QED) is 0.636. The lowest BCUT2D eigenvalue weighted by atomic mass is 10.2. The summed E-state index contributed by atoms with van der Waals surface area (Å²) in [5.41, 5.74) is 6.40. The van der Waals surface area contributed by atoms with E-state index in [0.29, 0.717) is 23.6 Å². The highest BCUT2D eigenvalue weighted by atomic mass is 16.5. The molecule has 0 saturated heterocycles. The Kier molecular flexibility index (Phi) is 5.00. The van der Waals surface area contributed by atoms with E-state index in [1.807, 2.05) is 19.9 Å². The summed E-state index contributed by atoms with van der Waals surface area (Å²) in [6.45, 7) is 4.20. The second-order valence-electron chi connectivity index (χ2n) is 4.19. The van der Waals surface area contributed by atoms with Crippen molar-refractivity contribution in [3.05, 3.63) is 23.8 Å². The van der Waals surface area contributed by atoms with Crippen LogP contribution in [-0.2, 0) is 4.74 Å². The van der Waals surface area contributed by atoms with Gasteiger partial charge in [0.05, 0.1) is 17.9 Å². The Bertz CT molecular complexity index is 464. The lowest BCUT2D eigenvalue weighted by Gasteiger charge is -2.09. The molecule has 0 heterocycles. The summed E-state index contributed by atoms with van der Waals surface area (Å²) in [6, 6.07) is 6.44. The van der Waals surface area contributed by atoms with Gasteiger partial charge >= 0.3 is 5.97 Å². The Morgan fingerprint density at radius 1 is 1.50 bits per heavy atom. The normalized spacial score (nSPS) is 9.89. The number of carbonyl (C=O) groups excluding carboxylic acids is 1. The largest absolute Gasteiger partial charge is 0.477 e. The van der Waals surface area contributed by atoms with Gasteiger partial charge in [-0.3, -0.25) is 0 Å². The van der Waals surface area contributed by atoms with Gasteiger partial charge in [-0.2, -0.15) is 5.26 Å². The van der Waals surface area contributed by atoms with Gasteiger partial charge < -0.3 is 15.2 Å². The van der Waals surface area contributed by atoms with Gasteiger partial charge in [-0.25, -0.2) is 4.79 Å². The van der Waals surface area contributed by atoms with Gasteiger partial charge in [0.15, 0.2) is 6.61 Å². The first-order valence-electron chi connectivity index (χ1n) is 5.61. The molecule has 18 heavy (non-hydrogen) atoms. The molecule has 5 nitrogen and oxygen atoms in total. The van der Waals surface area contributed by atoms with Crippen LogP contribution in [0.5, 0.6) is 5.75 Å². The Morgan fingerprint density at radius 3 is 2.78 bits per heavy atom. The highest BCUT2D eigenvalue weighted by molar-refractivity contribution is 5.91. The zero-order valence-electron chi connectivity index (χ0n) is 10.5. The van der Waals surface area contributed by atoms with Crippen molar-refractivity contribution >= 4 is 11.7 Å². The van der Waals surface area contributed by atoms with Crippen molar-refractivity contribution in [3.63, 3.8) is 0 Å². The van der Waals surface area contributed by atoms with Crippen molar-refractivity contribution in [2.24, 2.45) is 5.92 Å². The number of nitriles is 1. The van der Waals surface area contributed by atoms with Crippen molar-refractivity contribution in [2.45, 2.75) is 13.8 Å². The standard InChI is InChI=1S/C13H16N2O3/c1-9(2)8-18-13(16)10-3-4-12(11(15)7-10)17-6-5-14/h3-4,7,9H,6,8,15H2,1-2H3. The molecule has 5 heteroatoms. The zero-order chi connectivity index (χ0) is 13.5. The number of hydrogen-bond acceptors (Lipinski definition) is 5. The van der Waals surface area contributed by atoms with Crippen molar-refractivity contribution < 1.29 is 14.3 Å². The molecule has 0 aliphatic carbocycles. The molecule has 1 rings (SSSR count). The summed E-state index contributed by atoms with van der Waals surface area (Å²) >= 11 is 0. The number of hydrogen-bond donors (Lipinski definition) is 1. The van der Waals surface area contributed by atoms with Gasteiger partial charge in [-0.05, 0) is 24.1 Å². The van der Waals surface area contributed by atoms with Crippen LogP contribution in [0.4, 0.5) is 5.69 Å². The molecule has 0 unspecified atom stereocenters. The summed E-state index contributed by atoms with van der Waals surface area (Å²) in [5.74, 6) is 0.253. The number of ether oxygens (including phenoxy) is 2. The van der Waals surface area contributed by atoms with Crippen molar-refractivity contribution in [1.29, 1.82) is 5.26 Å². The lowest BCUT2D eigenvalue weighted by Crippen LogP contribution is -2.10. The van der Waals surface area contributed by atoms with Gasteiger partial charge in [-0.15, -0.1) is 0 Å². The molecule has 0 aromatic heterocycles. The molecule has 0 aliphatic rings. The Balaban J connectivity index is 2.71. The molecule has 0 radical (unpaired) electrons. The predicted molar refractivity (Wildman–Crippen MR) is 67.1 cm³/mol. The van der Waals surface area contributed by atoms with Crippen molar-refractivity contribution in [1.82, 2.24) is 0 Å². The summed E-state index contributed by atoms with van der Waals surface area (Å²) in [7, 11) is 0. The monoisotopic (exact) mass is 248 g/mol. The number of esters is 1. The van der Waals surface area contributed by atoms with Gasteiger partial charge in [-0.1, -0.05) is 13.8 Å². The number of nitrogen functional groups attached to an aromatic ring is 1. The summed E-state index contributed by atoms with van der Waals surface area (Å²) < 4.78 is 10.2. The van der Waals surface area contributed by atoms with Crippen LogP contribution in [-0.4, -0.2) is 19.2 Å². The summed E-state index contributed by atoms with van der Waals surface area (Å²) in [6.07, 6.45) is 0. The second-order valence-corrected chi connectivity index (χ2v) is 4.19. The average molecular weight is 248 g/mol. The molecule has 96 valence electrons. The number of benzene rings is 1. The lowest BCUT2D eigenvalue weighted by molar-refractivity contribution is 0.0459. The maximum atomic E-state index is 11.7. The number of nitrogens with zero attached hydrogens (tertiary/aromatic N) is 1. The molecular formula is C13H16N2O3. The highest BCUT2D eigenvalue weighted by Gasteiger charge is 2.10. The van der Waals surface area contributed by atoms with Crippen LogP contribution in [0.25, 0.3) is 0 Å². The fraction of sp³-hybridized carbons (Fsp3) is 0.385. The van der Waals surface area contributed by atoms with E-state index in [9.17, 15) is 4.79 Å². The average Bonchev–Trinajstić information content (AvgIpc) is 2.34. The first-order chi connectivity index (χ1) is 8.54. The topological polar surface area (TPSA) is 85.3 Å². The second kappa shape index (κ2) is 6.50. The maximum absolute atomic E-state index is 11.7. The predicted octanol–water partition coefficient (Wildman–Crippen LogP) is 1.98. The first-order valence-corrected chi connectivity index (χ1v) is 5.61. The van der Waals surface area contributed by atoms with Gasteiger partial charge in [0.25, 0.3) is 0 Å².